The van der Waals surface area contributed by atoms with E-state index in [1.165, 1.54) is 11.6 Å². The van der Waals surface area contributed by atoms with Crippen molar-refractivity contribution < 1.29 is 12.6 Å². The minimum Gasteiger partial charge on any atom is -0.361 e. The first-order valence-electron chi connectivity index (χ1n) is 7.74. The second-order valence-corrected chi connectivity index (χ2v) is 8.12. The van der Waals surface area contributed by atoms with Crippen LogP contribution in [0.2, 0.25) is 10.0 Å². The number of hydrogen-bond acceptors (Lipinski definition) is 5. The third-order valence-corrected chi connectivity index (χ3v) is 5.26. The van der Waals surface area contributed by atoms with Crippen molar-refractivity contribution in [2.75, 3.05) is 5.75 Å². The quantitative estimate of drug-likeness (QED) is 0.575. The molecule has 136 valence electrons. The van der Waals surface area contributed by atoms with Crippen LogP contribution in [-0.4, -0.2) is 28.9 Å². The molecule has 0 aliphatic rings. The van der Waals surface area contributed by atoms with Gasteiger partial charge in [-0.3, -0.25) is 0 Å². The van der Waals surface area contributed by atoms with Crippen molar-refractivity contribution in [2.45, 2.75) is 13.3 Å². The van der Waals surface area contributed by atoms with Crippen LogP contribution in [0.5, 0.6) is 5.88 Å². The molecule has 3 rings (SSSR count). The molecule has 3 aromatic rings. The number of aromatic nitrogens is 3. The van der Waals surface area contributed by atoms with Crippen molar-refractivity contribution in [3.8, 4) is 11.7 Å². The maximum absolute atomic E-state index is 11.9. The molecule has 0 bridgehead atoms. The molecule has 0 saturated heterocycles. The topological polar surface area (TPSA) is 74.1 Å². The molecule has 0 radical (unpaired) electrons. The van der Waals surface area contributed by atoms with Gasteiger partial charge in [-0.1, -0.05) is 35.3 Å². The Hall–Kier alpha value is -2.09. The smallest absolute Gasteiger partial charge is 0.310 e. The van der Waals surface area contributed by atoms with Gasteiger partial charge in [0.25, 0.3) is 0 Å². The molecule has 0 spiro atoms. The highest BCUT2D eigenvalue weighted by Crippen LogP contribution is 2.26. The number of rotatable bonds is 6. The van der Waals surface area contributed by atoms with Gasteiger partial charge in [0, 0.05) is 28.7 Å². The lowest BCUT2D eigenvalue weighted by atomic mass is 10.1. The van der Waals surface area contributed by atoms with Crippen LogP contribution in [0, 0.1) is 0 Å². The predicted octanol–water partition coefficient (Wildman–Crippen LogP) is 3.89. The van der Waals surface area contributed by atoms with E-state index in [9.17, 15) is 8.42 Å². The molecule has 6 nitrogen and oxygen atoms in total. The predicted molar refractivity (Wildman–Crippen MR) is 101 cm³/mol. The Balaban J connectivity index is 2.00. The molecule has 0 atom stereocenters. The maximum atomic E-state index is 11.9. The average Bonchev–Trinajstić information content (AvgIpc) is 3.00. The number of pyridine rings is 1. The number of halogens is 2. The van der Waals surface area contributed by atoms with Crippen LogP contribution in [-0.2, 0) is 16.5 Å². The fourth-order valence-corrected chi connectivity index (χ4v) is 3.22. The zero-order chi connectivity index (χ0) is 18.7. The van der Waals surface area contributed by atoms with E-state index in [1.54, 1.807) is 48.7 Å². The first-order chi connectivity index (χ1) is 12.4. The summed E-state index contributed by atoms with van der Waals surface area (Å²) in [6.07, 6.45) is 1.98. The minimum absolute atomic E-state index is 0.0747. The van der Waals surface area contributed by atoms with E-state index in [4.69, 9.17) is 27.4 Å². The molecular weight excluding hydrogens is 397 g/mol. The summed E-state index contributed by atoms with van der Waals surface area (Å²) in [5, 5.41) is 5.48. The highest BCUT2D eigenvalue weighted by Gasteiger charge is 2.18. The molecule has 1 aromatic carbocycles. The molecule has 0 aliphatic carbocycles. The molecule has 0 aliphatic heterocycles. The molecule has 0 amide bonds. The summed E-state index contributed by atoms with van der Waals surface area (Å²) < 4.78 is 30.3. The van der Waals surface area contributed by atoms with Crippen molar-refractivity contribution in [2.24, 2.45) is 0 Å². The lowest BCUT2D eigenvalue weighted by Crippen LogP contribution is -2.14. The molecule has 9 heteroatoms. The van der Waals surface area contributed by atoms with Gasteiger partial charge < -0.3 is 4.18 Å². The number of nitrogens with zero attached hydrogens (tertiary/aromatic N) is 3. The van der Waals surface area contributed by atoms with Crippen molar-refractivity contribution in [3.63, 3.8) is 0 Å². The first kappa shape index (κ1) is 18.7. The summed E-state index contributed by atoms with van der Waals surface area (Å²) in [5.41, 5.74) is 1.40. The fourth-order valence-electron chi connectivity index (χ4n) is 2.25. The third kappa shape index (κ3) is 4.35. The summed E-state index contributed by atoms with van der Waals surface area (Å²) in [6, 6.07) is 12.0. The Kier molecular flexibility index (Phi) is 5.50. The van der Waals surface area contributed by atoms with E-state index in [1.807, 2.05) is 0 Å². The van der Waals surface area contributed by atoms with Crippen LogP contribution in [0.15, 0.2) is 48.7 Å². The summed E-state index contributed by atoms with van der Waals surface area (Å²) >= 11 is 12.1. The molecule has 26 heavy (non-hydrogen) atoms. The van der Waals surface area contributed by atoms with Gasteiger partial charge in [-0.15, -0.1) is 0 Å². The summed E-state index contributed by atoms with van der Waals surface area (Å²) in [6.45, 7) is 1.51. The lowest BCUT2D eigenvalue weighted by molar-refractivity contribution is 0.465. The average molecular weight is 412 g/mol. The van der Waals surface area contributed by atoms with Crippen LogP contribution in [0.4, 0.5) is 0 Å². The van der Waals surface area contributed by atoms with Crippen LogP contribution >= 0.6 is 23.2 Å². The lowest BCUT2D eigenvalue weighted by Gasteiger charge is -2.07. The van der Waals surface area contributed by atoms with Gasteiger partial charge in [0.15, 0.2) is 5.82 Å². The van der Waals surface area contributed by atoms with Gasteiger partial charge in [0.1, 0.15) is 0 Å². The minimum atomic E-state index is -3.71. The van der Waals surface area contributed by atoms with E-state index in [0.29, 0.717) is 28.0 Å². The second-order valence-electron chi connectivity index (χ2n) is 5.42. The molecule has 0 fully saturated rings. The van der Waals surface area contributed by atoms with Gasteiger partial charge in [-0.25, -0.2) is 4.98 Å². The van der Waals surface area contributed by atoms with Crippen molar-refractivity contribution in [1.82, 2.24) is 14.8 Å². The Morgan fingerprint density at radius 2 is 1.96 bits per heavy atom. The SMILES string of the molecule is CCS(=O)(=O)Oc1cc(Cc2ccc(Cl)cc2Cl)nn1-c1ccccn1. The van der Waals surface area contributed by atoms with Crippen LogP contribution in [0.3, 0.4) is 0 Å². The summed E-state index contributed by atoms with van der Waals surface area (Å²) in [7, 11) is -3.71. The third-order valence-electron chi connectivity index (χ3n) is 3.55. The second kappa shape index (κ2) is 7.65. The van der Waals surface area contributed by atoms with E-state index in [-0.39, 0.29) is 11.6 Å². The fraction of sp³-hybridized carbons (Fsp3) is 0.176. The highest BCUT2D eigenvalue weighted by molar-refractivity contribution is 7.87. The van der Waals surface area contributed by atoms with E-state index >= 15 is 0 Å². The number of benzene rings is 1. The Morgan fingerprint density at radius 3 is 2.62 bits per heavy atom. The molecule has 0 saturated carbocycles. The summed E-state index contributed by atoms with van der Waals surface area (Å²) in [5.74, 6) is 0.367. The highest BCUT2D eigenvalue weighted by atomic mass is 35.5. The standard InChI is InChI=1S/C17H15Cl2N3O3S/c1-2-26(23,24)25-17-11-14(9-12-6-7-13(18)10-15(12)19)21-22(17)16-5-3-4-8-20-16/h3-8,10-11H,2,9H2,1H3. The molecule has 2 aromatic heterocycles. The van der Waals surface area contributed by atoms with Gasteiger partial charge in [0.2, 0.25) is 5.88 Å². The zero-order valence-corrected chi connectivity index (χ0v) is 16.1. The maximum Gasteiger partial charge on any atom is 0.310 e. The van der Waals surface area contributed by atoms with Crippen molar-refractivity contribution in [1.29, 1.82) is 0 Å². The largest absolute Gasteiger partial charge is 0.361 e. The monoisotopic (exact) mass is 411 g/mol. The Bertz CT molecular complexity index is 1020. The Morgan fingerprint density at radius 1 is 1.15 bits per heavy atom. The molecule has 0 unspecified atom stereocenters. The molecule has 0 N–H and O–H groups in total. The van der Waals surface area contributed by atoms with Gasteiger partial charge in [-0.2, -0.15) is 18.2 Å². The van der Waals surface area contributed by atoms with E-state index in [0.717, 1.165) is 5.56 Å². The van der Waals surface area contributed by atoms with Crippen LogP contribution in [0.1, 0.15) is 18.2 Å². The van der Waals surface area contributed by atoms with Crippen molar-refractivity contribution >= 4 is 33.3 Å². The zero-order valence-electron chi connectivity index (χ0n) is 13.8. The van der Waals surface area contributed by atoms with Gasteiger partial charge in [0.05, 0.1) is 11.4 Å². The van der Waals surface area contributed by atoms with Crippen LogP contribution < -0.4 is 4.18 Å². The normalized spacial score (nSPS) is 11.5. The summed E-state index contributed by atoms with van der Waals surface area (Å²) in [4.78, 5) is 4.20. The van der Waals surface area contributed by atoms with E-state index in [2.05, 4.69) is 10.1 Å². The number of hydrogen-bond donors (Lipinski definition) is 0. The van der Waals surface area contributed by atoms with Crippen molar-refractivity contribution in [3.05, 3.63) is 70.0 Å². The van der Waals surface area contributed by atoms with Crippen LogP contribution in [0.25, 0.3) is 5.82 Å². The Labute approximate surface area is 161 Å². The van der Waals surface area contributed by atoms with Gasteiger partial charge in [-0.05, 0) is 36.8 Å². The molecular formula is C17H15Cl2N3O3S. The van der Waals surface area contributed by atoms with Gasteiger partial charge >= 0.3 is 10.1 Å². The molecule has 2 heterocycles. The first-order valence-corrected chi connectivity index (χ1v) is 10.1. The van der Waals surface area contributed by atoms with E-state index < -0.39 is 10.1 Å².